The lowest BCUT2D eigenvalue weighted by atomic mass is 9.80. The minimum absolute atomic E-state index is 0.340. The highest BCUT2D eigenvalue weighted by Crippen LogP contribution is 2.40. The zero-order valence-corrected chi connectivity index (χ0v) is 15.2. The highest BCUT2D eigenvalue weighted by molar-refractivity contribution is 7.82. The molecule has 0 bridgehead atoms. The van der Waals surface area contributed by atoms with Crippen molar-refractivity contribution < 1.29 is 8.95 Å². The van der Waals surface area contributed by atoms with Crippen LogP contribution in [0.25, 0.3) is 11.0 Å². The molecule has 5 rings (SSSR count). The molecule has 1 spiro atoms. The van der Waals surface area contributed by atoms with Crippen molar-refractivity contribution in [2.24, 2.45) is 11.3 Å². The highest BCUT2D eigenvalue weighted by Gasteiger charge is 2.51. The molecule has 1 unspecified atom stereocenters. The van der Waals surface area contributed by atoms with Crippen molar-refractivity contribution in [1.29, 1.82) is 0 Å². The number of fused-ring (bicyclic) bond motifs is 1. The summed E-state index contributed by atoms with van der Waals surface area (Å²) in [5.74, 6) is 2.32. The Bertz CT molecular complexity index is 806. The molecule has 0 amide bonds. The Balaban J connectivity index is 1.15. The Morgan fingerprint density at radius 3 is 2.92 bits per heavy atom. The summed E-state index contributed by atoms with van der Waals surface area (Å²) in [6.07, 6.45) is 5.68. The number of nitrogens with zero attached hydrogens (tertiary/aromatic N) is 4. The van der Waals surface area contributed by atoms with Crippen molar-refractivity contribution in [3.63, 3.8) is 0 Å². The van der Waals surface area contributed by atoms with E-state index in [1.807, 2.05) is 12.3 Å². The van der Waals surface area contributed by atoms with Gasteiger partial charge in [-0.25, -0.2) is 18.5 Å². The monoisotopic (exact) mass is 361 g/mol. The molecule has 7 nitrogen and oxygen atoms in total. The summed E-state index contributed by atoms with van der Waals surface area (Å²) in [6, 6.07) is 2.49. The van der Waals surface area contributed by atoms with Gasteiger partial charge < -0.3 is 14.6 Å². The van der Waals surface area contributed by atoms with Gasteiger partial charge in [-0.2, -0.15) is 0 Å². The molecular weight excluding hydrogens is 338 g/mol. The number of hydrogen-bond acceptors (Lipinski definition) is 5. The van der Waals surface area contributed by atoms with Gasteiger partial charge in [0.05, 0.1) is 29.6 Å². The van der Waals surface area contributed by atoms with E-state index in [1.54, 1.807) is 6.33 Å². The van der Waals surface area contributed by atoms with Crippen LogP contribution in [-0.2, 0) is 15.7 Å². The van der Waals surface area contributed by atoms with E-state index in [0.717, 1.165) is 61.7 Å². The second-order valence-electron chi connectivity index (χ2n) is 7.82. The van der Waals surface area contributed by atoms with Gasteiger partial charge in [-0.3, -0.25) is 0 Å². The zero-order valence-electron chi connectivity index (χ0n) is 14.4. The van der Waals surface area contributed by atoms with Gasteiger partial charge in [0, 0.05) is 43.5 Å². The lowest BCUT2D eigenvalue weighted by Crippen LogP contribution is -2.66. The Morgan fingerprint density at radius 2 is 2.20 bits per heavy atom. The summed E-state index contributed by atoms with van der Waals surface area (Å²) in [6.45, 7) is 3.59. The number of aromatic amines is 1. The van der Waals surface area contributed by atoms with E-state index in [1.165, 1.54) is 0 Å². The summed E-state index contributed by atoms with van der Waals surface area (Å²) in [4.78, 5) is 14.1. The Kier molecular flexibility index (Phi) is 3.62. The van der Waals surface area contributed by atoms with Gasteiger partial charge >= 0.3 is 0 Å². The number of anilines is 1. The van der Waals surface area contributed by atoms with E-state index in [4.69, 9.17) is 4.74 Å². The lowest BCUT2D eigenvalue weighted by Gasteiger charge is -2.54. The minimum Gasteiger partial charge on any atom is -0.380 e. The number of ether oxygens (including phenoxy) is 1. The molecule has 1 saturated carbocycles. The van der Waals surface area contributed by atoms with E-state index in [0.29, 0.717) is 17.4 Å². The Labute approximate surface area is 149 Å². The first-order chi connectivity index (χ1) is 12.1. The van der Waals surface area contributed by atoms with Crippen molar-refractivity contribution in [3.05, 3.63) is 18.6 Å². The van der Waals surface area contributed by atoms with Gasteiger partial charge in [0.2, 0.25) is 0 Å². The SMILES string of the molecule is CN(c1ncnc2[nH]ccc12)C1CC(CS(=O)N2CC3(COC3)C2)C1. The molecule has 134 valence electrons. The third kappa shape index (κ3) is 2.58. The molecule has 0 radical (unpaired) electrons. The average molecular weight is 361 g/mol. The van der Waals surface area contributed by atoms with Crippen molar-refractivity contribution in [2.75, 3.05) is 44.0 Å². The number of H-pyrrole nitrogens is 1. The molecule has 8 heteroatoms. The second kappa shape index (κ2) is 5.75. The van der Waals surface area contributed by atoms with E-state index >= 15 is 0 Å². The third-order valence-electron chi connectivity index (χ3n) is 5.93. The molecule has 1 aliphatic carbocycles. The van der Waals surface area contributed by atoms with Crippen LogP contribution in [0.5, 0.6) is 0 Å². The van der Waals surface area contributed by atoms with E-state index < -0.39 is 11.0 Å². The quantitative estimate of drug-likeness (QED) is 0.865. The topological polar surface area (TPSA) is 74.4 Å². The van der Waals surface area contributed by atoms with Gasteiger partial charge in [0.25, 0.3) is 0 Å². The first-order valence-corrected chi connectivity index (χ1v) is 10.1. The molecule has 1 N–H and O–H groups in total. The molecule has 2 aromatic heterocycles. The summed E-state index contributed by atoms with van der Waals surface area (Å²) < 4.78 is 19.9. The molecule has 2 saturated heterocycles. The van der Waals surface area contributed by atoms with Gasteiger partial charge in [0.15, 0.2) is 0 Å². The van der Waals surface area contributed by atoms with Crippen LogP contribution in [0.4, 0.5) is 5.82 Å². The number of rotatable bonds is 5. The van der Waals surface area contributed by atoms with Crippen LogP contribution in [0.15, 0.2) is 18.6 Å². The van der Waals surface area contributed by atoms with Gasteiger partial charge in [0.1, 0.15) is 17.8 Å². The largest absolute Gasteiger partial charge is 0.380 e. The first kappa shape index (κ1) is 15.7. The maximum absolute atomic E-state index is 12.5. The molecule has 2 aliphatic heterocycles. The predicted molar refractivity (Wildman–Crippen MR) is 96.6 cm³/mol. The summed E-state index contributed by atoms with van der Waals surface area (Å²) in [7, 11) is 1.27. The van der Waals surface area contributed by atoms with Gasteiger partial charge in [-0.05, 0) is 24.8 Å². The molecule has 3 aliphatic rings. The van der Waals surface area contributed by atoms with Crippen molar-refractivity contribution in [3.8, 4) is 0 Å². The molecular formula is C17H23N5O2S. The van der Waals surface area contributed by atoms with Gasteiger partial charge in [-0.1, -0.05) is 0 Å². The zero-order chi connectivity index (χ0) is 17.0. The van der Waals surface area contributed by atoms with Gasteiger partial charge in [-0.15, -0.1) is 0 Å². The van der Waals surface area contributed by atoms with Crippen molar-refractivity contribution in [2.45, 2.75) is 18.9 Å². The highest BCUT2D eigenvalue weighted by atomic mass is 32.2. The van der Waals surface area contributed by atoms with Crippen molar-refractivity contribution in [1.82, 2.24) is 19.3 Å². The van der Waals surface area contributed by atoms with Crippen LogP contribution in [0.2, 0.25) is 0 Å². The first-order valence-electron chi connectivity index (χ1n) is 8.86. The van der Waals surface area contributed by atoms with Crippen LogP contribution in [0.3, 0.4) is 0 Å². The summed E-state index contributed by atoms with van der Waals surface area (Å²) in [5, 5.41) is 1.06. The standard InChI is InChI=1S/C17H23N5O2S/c1-21(16-14-2-3-18-15(14)19-11-20-16)13-4-12(5-13)6-25(23)22-7-17(8-22)9-24-10-17/h2-3,11-13H,4-10H2,1H3,(H,18,19,20). The fourth-order valence-corrected chi connectivity index (χ4v) is 5.91. The predicted octanol–water partition coefficient (Wildman–Crippen LogP) is 1.17. The third-order valence-corrected chi connectivity index (χ3v) is 7.52. The minimum atomic E-state index is -0.831. The normalized spacial score (nSPS) is 29.0. The number of hydrogen-bond donors (Lipinski definition) is 1. The molecule has 0 aromatic carbocycles. The maximum atomic E-state index is 12.5. The van der Waals surface area contributed by atoms with Crippen LogP contribution in [0, 0.1) is 11.3 Å². The molecule has 2 aromatic rings. The molecule has 25 heavy (non-hydrogen) atoms. The fraction of sp³-hybridized carbons (Fsp3) is 0.647. The van der Waals surface area contributed by atoms with Crippen LogP contribution < -0.4 is 4.90 Å². The summed E-state index contributed by atoms with van der Waals surface area (Å²) >= 11 is 0. The fourth-order valence-electron chi connectivity index (χ4n) is 4.19. The Morgan fingerprint density at radius 1 is 1.40 bits per heavy atom. The summed E-state index contributed by atoms with van der Waals surface area (Å²) in [5.41, 5.74) is 1.22. The van der Waals surface area contributed by atoms with Crippen LogP contribution in [-0.4, -0.2) is 68.6 Å². The van der Waals surface area contributed by atoms with Crippen LogP contribution >= 0.6 is 0 Å². The molecule has 1 atom stereocenters. The molecule has 4 heterocycles. The number of aromatic nitrogens is 3. The smallest absolute Gasteiger partial charge is 0.142 e. The maximum Gasteiger partial charge on any atom is 0.142 e. The number of nitrogens with one attached hydrogen (secondary N) is 1. The lowest BCUT2D eigenvalue weighted by molar-refractivity contribution is -0.165. The van der Waals surface area contributed by atoms with E-state index in [-0.39, 0.29) is 0 Å². The average Bonchev–Trinajstić information content (AvgIpc) is 2.95. The van der Waals surface area contributed by atoms with Crippen molar-refractivity contribution >= 4 is 27.8 Å². The van der Waals surface area contributed by atoms with E-state index in [9.17, 15) is 4.21 Å². The molecule has 3 fully saturated rings. The van der Waals surface area contributed by atoms with Crippen LogP contribution in [0.1, 0.15) is 12.8 Å². The Hall–Kier alpha value is -1.51. The second-order valence-corrected chi connectivity index (χ2v) is 9.31. The van der Waals surface area contributed by atoms with E-state index in [2.05, 4.69) is 31.2 Å².